The average molecular weight is 413 g/mol. The van der Waals surface area contributed by atoms with E-state index in [2.05, 4.69) is 29.2 Å². The lowest BCUT2D eigenvalue weighted by molar-refractivity contribution is 0.0220. The SMILES string of the molecule is COc1ccc(S(=O)(=O)N2CCC[C@@H]3CN4CCc5ccccc5[C@@H]4C[C@@H]32)cc1. The Morgan fingerprint density at radius 3 is 2.62 bits per heavy atom. The van der Waals surface area contributed by atoms with Crippen molar-refractivity contribution in [2.75, 3.05) is 26.7 Å². The Hall–Kier alpha value is -1.89. The maximum absolute atomic E-state index is 13.5. The Balaban J connectivity index is 1.46. The highest BCUT2D eigenvalue weighted by Gasteiger charge is 2.46. The van der Waals surface area contributed by atoms with Crippen molar-refractivity contribution < 1.29 is 13.2 Å². The lowest BCUT2D eigenvalue weighted by atomic mass is 9.77. The van der Waals surface area contributed by atoms with Crippen LogP contribution in [0.3, 0.4) is 0 Å². The van der Waals surface area contributed by atoms with Crippen LogP contribution in [0.1, 0.15) is 36.4 Å². The van der Waals surface area contributed by atoms with Crippen molar-refractivity contribution in [3.63, 3.8) is 0 Å². The van der Waals surface area contributed by atoms with Crippen LogP contribution in [-0.2, 0) is 16.4 Å². The average Bonchev–Trinajstić information content (AvgIpc) is 2.77. The van der Waals surface area contributed by atoms with Gasteiger partial charge in [-0.3, -0.25) is 4.90 Å². The lowest BCUT2D eigenvalue weighted by Crippen LogP contribution is -2.57. The summed E-state index contributed by atoms with van der Waals surface area (Å²) in [5.41, 5.74) is 2.82. The molecule has 0 spiro atoms. The minimum atomic E-state index is -3.51. The van der Waals surface area contributed by atoms with Gasteiger partial charge in [-0.2, -0.15) is 4.31 Å². The summed E-state index contributed by atoms with van der Waals surface area (Å²) in [6, 6.07) is 15.9. The Kier molecular flexibility index (Phi) is 4.88. The van der Waals surface area contributed by atoms with E-state index in [1.54, 1.807) is 35.7 Å². The molecule has 5 nitrogen and oxygen atoms in total. The summed E-state index contributed by atoms with van der Waals surface area (Å²) in [6.07, 6.45) is 4.03. The second kappa shape index (κ2) is 7.42. The Bertz CT molecular complexity index is 989. The van der Waals surface area contributed by atoms with Gasteiger partial charge in [0.2, 0.25) is 10.0 Å². The maximum Gasteiger partial charge on any atom is 0.243 e. The first-order valence-corrected chi connectivity index (χ1v) is 12.0. The van der Waals surface area contributed by atoms with Crippen LogP contribution in [-0.4, -0.2) is 50.4 Å². The number of ether oxygens (including phenoxy) is 1. The first kappa shape index (κ1) is 19.1. The second-order valence-corrected chi connectivity index (χ2v) is 10.3. The molecule has 3 aliphatic rings. The third-order valence-electron chi connectivity index (χ3n) is 6.99. The number of hydrogen-bond acceptors (Lipinski definition) is 4. The molecule has 0 unspecified atom stereocenters. The number of hydrogen-bond donors (Lipinski definition) is 0. The predicted molar refractivity (Wildman–Crippen MR) is 112 cm³/mol. The highest BCUT2D eigenvalue weighted by Crippen LogP contribution is 2.44. The third-order valence-corrected chi connectivity index (χ3v) is 8.93. The molecular formula is C23H28N2O3S. The summed E-state index contributed by atoms with van der Waals surface area (Å²) < 4.78 is 34.0. The fourth-order valence-electron chi connectivity index (χ4n) is 5.54. The van der Waals surface area contributed by atoms with Crippen LogP contribution in [0, 0.1) is 5.92 Å². The van der Waals surface area contributed by atoms with Gasteiger partial charge in [0.25, 0.3) is 0 Å². The molecule has 0 saturated carbocycles. The molecule has 6 heteroatoms. The first-order valence-electron chi connectivity index (χ1n) is 10.6. The number of nitrogens with zero attached hydrogens (tertiary/aromatic N) is 2. The standard InChI is InChI=1S/C23H28N2O3S/c1-28-19-8-10-20(11-9-19)29(26,27)25-13-4-6-18-16-24-14-12-17-5-2-3-7-21(17)23(24)15-22(18)25/h2-3,5,7-11,18,22-23H,4,6,12-16H2,1H3/t18-,22+,23+/m1/s1. The quantitative estimate of drug-likeness (QED) is 0.775. The minimum absolute atomic E-state index is 0.0725. The minimum Gasteiger partial charge on any atom is -0.497 e. The molecule has 5 rings (SSSR count). The molecular weight excluding hydrogens is 384 g/mol. The third kappa shape index (κ3) is 3.27. The van der Waals surface area contributed by atoms with Crippen LogP contribution in [0.2, 0.25) is 0 Å². The van der Waals surface area contributed by atoms with Crippen LogP contribution in [0.5, 0.6) is 5.75 Å². The van der Waals surface area contributed by atoms with Gasteiger partial charge in [0.1, 0.15) is 5.75 Å². The first-order chi connectivity index (χ1) is 14.1. The summed E-state index contributed by atoms with van der Waals surface area (Å²) in [6.45, 7) is 2.69. The molecule has 0 aromatic heterocycles. The molecule has 29 heavy (non-hydrogen) atoms. The van der Waals surface area contributed by atoms with Crippen molar-refractivity contribution in [3.8, 4) is 5.75 Å². The van der Waals surface area contributed by atoms with E-state index >= 15 is 0 Å². The zero-order chi connectivity index (χ0) is 20.0. The smallest absolute Gasteiger partial charge is 0.243 e. The van der Waals surface area contributed by atoms with Gasteiger partial charge < -0.3 is 4.74 Å². The van der Waals surface area contributed by atoms with E-state index < -0.39 is 10.0 Å². The van der Waals surface area contributed by atoms with E-state index in [4.69, 9.17) is 4.74 Å². The normalized spacial score (nSPS) is 27.6. The molecule has 154 valence electrons. The van der Waals surface area contributed by atoms with Gasteiger partial charge in [0.15, 0.2) is 0 Å². The van der Waals surface area contributed by atoms with Gasteiger partial charge in [-0.25, -0.2) is 8.42 Å². The van der Waals surface area contributed by atoms with Crippen LogP contribution >= 0.6 is 0 Å². The maximum atomic E-state index is 13.5. The fourth-order valence-corrected chi connectivity index (χ4v) is 7.27. The Morgan fingerprint density at radius 2 is 1.83 bits per heavy atom. The summed E-state index contributed by atoms with van der Waals surface area (Å²) in [5, 5.41) is 0. The van der Waals surface area contributed by atoms with Crippen LogP contribution in [0.25, 0.3) is 0 Å². The molecule has 3 heterocycles. The molecule has 2 aromatic carbocycles. The monoisotopic (exact) mass is 412 g/mol. The number of rotatable bonds is 3. The molecule has 2 fully saturated rings. The molecule has 2 saturated heterocycles. The lowest BCUT2D eigenvalue weighted by Gasteiger charge is -2.51. The molecule has 0 amide bonds. The highest BCUT2D eigenvalue weighted by atomic mass is 32.2. The second-order valence-electron chi connectivity index (χ2n) is 8.46. The zero-order valence-corrected chi connectivity index (χ0v) is 17.6. The van der Waals surface area contributed by atoms with Crippen molar-refractivity contribution in [1.82, 2.24) is 9.21 Å². The van der Waals surface area contributed by atoms with Crippen molar-refractivity contribution in [1.29, 1.82) is 0 Å². The van der Waals surface area contributed by atoms with Gasteiger partial charge >= 0.3 is 0 Å². The molecule has 2 aromatic rings. The van der Waals surface area contributed by atoms with E-state index in [0.717, 1.165) is 38.8 Å². The zero-order valence-electron chi connectivity index (χ0n) is 16.8. The molecule has 0 N–H and O–H groups in total. The Labute approximate surface area is 173 Å². The number of piperidine rings is 2. The molecule has 3 atom stereocenters. The number of methoxy groups -OCH3 is 1. The van der Waals surface area contributed by atoms with E-state index in [1.165, 1.54) is 11.1 Å². The summed E-state index contributed by atoms with van der Waals surface area (Å²) in [4.78, 5) is 2.96. The summed E-state index contributed by atoms with van der Waals surface area (Å²) >= 11 is 0. The fraction of sp³-hybridized carbons (Fsp3) is 0.478. The van der Waals surface area contributed by atoms with Crippen molar-refractivity contribution in [2.24, 2.45) is 5.92 Å². The largest absolute Gasteiger partial charge is 0.497 e. The topological polar surface area (TPSA) is 49.9 Å². The van der Waals surface area contributed by atoms with Gasteiger partial charge in [-0.05, 0) is 67.0 Å². The predicted octanol–water partition coefficient (Wildman–Crippen LogP) is 3.47. The number of sulfonamides is 1. The van der Waals surface area contributed by atoms with Gasteiger partial charge in [0, 0.05) is 31.7 Å². The van der Waals surface area contributed by atoms with Crippen molar-refractivity contribution in [3.05, 3.63) is 59.7 Å². The van der Waals surface area contributed by atoms with Crippen molar-refractivity contribution in [2.45, 2.75) is 42.7 Å². The van der Waals surface area contributed by atoms with Crippen LogP contribution < -0.4 is 4.74 Å². The summed E-state index contributed by atoms with van der Waals surface area (Å²) in [7, 11) is -1.92. The van der Waals surface area contributed by atoms with Gasteiger partial charge in [-0.1, -0.05) is 24.3 Å². The van der Waals surface area contributed by atoms with Crippen LogP contribution in [0.15, 0.2) is 53.4 Å². The van der Waals surface area contributed by atoms with E-state index in [1.807, 2.05) is 0 Å². The Morgan fingerprint density at radius 1 is 1.03 bits per heavy atom. The van der Waals surface area contributed by atoms with E-state index in [9.17, 15) is 8.42 Å². The molecule has 0 radical (unpaired) electrons. The van der Waals surface area contributed by atoms with E-state index in [0.29, 0.717) is 29.1 Å². The highest BCUT2D eigenvalue weighted by molar-refractivity contribution is 7.89. The van der Waals surface area contributed by atoms with Crippen molar-refractivity contribution >= 4 is 10.0 Å². The number of benzene rings is 2. The summed E-state index contributed by atoms with van der Waals surface area (Å²) in [5.74, 6) is 1.09. The van der Waals surface area contributed by atoms with Crippen LogP contribution in [0.4, 0.5) is 0 Å². The van der Waals surface area contributed by atoms with Gasteiger partial charge in [-0.15, -0.1) is 0 Å². The van der Waals surface area contributed by atoms with Gasteiger partial charge in [0.05, 0.1) is 12.0 Å². The van der Waals surface area contributed by atoms with E-state index in [-0.39, 0.29) is 6.04 Å². The molecule has 0 aliphatic carbocycles. The molecule has 3 aliphatic heterocycles. The number of fused-ring (bicyclic) bond motifs is 4. The molecule has 0 bridgehead atoms.